The van der Waals surface area contributed by atoms with Crippen LogP contribution in [0.15, 0.2) is 6.20 Å². The molecule has 0 aromatic carbocycles. The molecule has 0 saturated carbocycles. The number of hydrogen-bond acceptors (Lipinski definition) is 3. The Morgan fingerprint density at radius 3 is 2.72 bits per heavy atom. The Morgan fingerprint density at radius 2 is 2.17 bits per heavy atom. The van der Waals surface area contributed by atoms with E-state index in [9.17, 15) is 9.59 Å². The van der Waals surface area contributed by atoms with Gasteiger partial charge in [0.2, 0.25) is 11.1 Å². The van der Waals surface area contributed by atoms with Crippen molar-refractivity contribution in [1.29, 1.82) is 0 Å². The fourth-order valence-electron chi connectivity index (χ4n) is 1.37. The molecule has 0 unspecified atom stereocenters. The number of nitrogens with one attached hydrogen (secondary N) is 1. The molecule has 0 atom stereocenters. The van der Waals surface area contributed by atoms with Crippen LogP contribution < -0.4 is 5.32 Å². The van der Waals surface area contributed by atoms with Crippen molar-refractivity contribution in [3.63, 3.8) is 0 Å². The first-order valence-electron chi connectivity index (χ1n) is 5.63. The summed E-state index contributed by atoms with van der Waals surface area (Å²) in [5.41, 5.74) is 0.748. The quantitative estimate of drug-likeness (QED) is 0.616. The molecule has 1 aromatic heterocycles. The van der Waals surface area contributed by atoms with Crippen molar-refractivity contribution in [3.8, 4) is 0 Å². The van der Waals surface area contributed by atoms with E-state index in [0.29, 0.717) is 31.0 Å². The topological polar surface area (TPSA) is 64.0 Å². The second-order valence-electron chi connectivity index (χ2n) is 3.88. The molecule has 0 spiro atoms. The summed E-state index contributed by atoms with van der Waals surface area (Å²) in [6.45, 7) is 2.74. The summed E-state index contributed by atoms with van der Waals surface area (Å²) in [5.74, 6) is -0.0821. The largest absolute Gasteiger partial charge is 0.356 e. The first-order chi connectivity index (χ1) is 8.49. The van der Waals surface area contributed by atoms with Crippen LogP contribution >= 0.6 is 23.2 Å². The third kappa shape index (κ3) is 5.51. The lowest BCUT2D eigenvalue weighted by atomic mass is 10.3. The maximum absolute atomic E-state index is 11.4. The van der Waals surface area contributed by atoms with Crippen LogP contribution in [0.1, 0.15) is 25.0 Å². The van der Waals surface area contributed by atoms with Gasteiger partial charge < -0.3 is 5.32 Å². The summed E-state index contributed by atoms with van der Waals surface area (Å²) in [6.07, 6.45) is 2.85. The van der Waals surface area contributed by atoms with Crippen molar-refractivity contribution in [2.45, 2.75) is 32.7 Å². The molecule has 18 heavy (non-hydrogen) atoms. The fourth-order valence-corrected chi connectivity index (χ4v) is 1.65. The zero-order valence-corrected chi connectivity index (χ0v) is 11.6. The van der Waals surface area contributed by atoms with Gasteiger partial charge >= 0.3 is 0 Å². The smallest absolute Gasteiger partial charge is 0.221 e. The standard InChI is InChI=1S/C11H15Cl2N3O2/c1-8-9(12)7-16(15-8)6-4-11(18)14-5-2-3-10(13)17/h7H,2-6H2,1H3,(H,14,18). The van der Waals surface area contributed by atoms with Crippen LogP contribution in [0.2, 0.25) is 5.02 Å². The van der Waals surface area contributed by atoms with Gasteiger partial charge in [0.15, 0.2) is 0 Å². The van der Waals surface area contributed by atoms with Crippen LogP contribution in [0.25, 0.3) is 0 Å². The molecule has 0 saturated heterocycles. The van der Waals surface area contributed by atoms with E-state index in [4.69, 9.17) is 23.2 Å². The molecule has 100 valence electrons. The Bertz CT molecular complexity index is 412. The summed E-state index contributed by atoms with van der Waals surface area (Å²) in [5, 5.41) is 7.06. The molecule has 1 amide bonds. The third-order valence-electron chi connectivity index (χ3n) is 2.33. The van der Waals surface area contributed by atoms with Gasteiger partial charge in [-0.05, 0) is 24.9 Å². The van der Waals surface area contributed by atoms with Crippen molar-refractivity contribution in [2.75, 3.05) is 6.54 Å². The van der Waals surface area contributed by atoms with E-state index in [1.165, 1.54) is 0 Å². The minimum Gasteiger partial charge on any atom is -0.356 e. The second kappa shape index (κ2) is 7.38. The molecule has 1 aromatic rings. The second-order valence-corrected chi connectivity index (χ2v) is 4.71. The number of aryl methyl sites for hydroxylation is 2. The number of rotatable bonds is 7. The predicted molar refractivity (Wildman–Crippen MR) is 69.7 cm³/mol. The molecule has 1 rings (SSSR count). The van der Waals surface area contributed by atoms with Gasteiger partial charge in [-0.1, -0.05) is 11.6 Å². The van der Waals surface area contributed by atoms with Crippen molar-refractivity contribution in [1.82, 2.24) is 15.1 Å². The van der Waals surface area contributed by atoms with E-state index >= 15 is 0 Å². The zero-order chi connectivity index (χ0) is 13.5. The highest BCUT2D eigenvalue weighted by Crippen LogP contribution is 2.11. The average molecular weight is 292 g/mol. The van der Waals surface area contributed by atoms with Crippen molar-refractivity contribution < 1.29 is 9.59 Å². The SMILES string of the molecule is Cc1nn(CCC(=O)NCCCC(=O)Cl)cc1Cl. The van der Waals surface area contributed by atoms with E-state index in [2.05, 4.69) is 10.4 Å². The summed E-state index contributed by atoms with van der Waals surface area (Å²) >= 11 is 11.0. The van der Waals surface area contributed by atoms with Crippen LogP contribution in [-0.4, -0.2) is 27.5 Å². The number of carbonyl (C=O) groups is 2. The Kier molecular flexibility index (Phi) is 6.15. The normalized spacial score (nSPS) is 10.4. The molecule has 0 aliphatic heterocycles. The van der Waals surface area contributed by atoms with Gasteiger partial charge in [0.25, 0.3) is 0 Å². The number of amides is 1. The lowest BCUT2D eigenvalue weighted by Crippen LogP contribution is -2.25. The number of nitrogens with zero attached hydrogens (tertiary/aromatic N) is 2. The highest BCUT2D eigenvalue weighted by molar-refractivity contribution is 6.63. The first kappa shape index (κ1) is 15.0. The lowest BCUT2D eigenvalue weighted by molar-refractivity contribution is -0.121. The Labute approximate surface area is 115 Å². The van der Waals surface area contributed by atoms with Crippen LogP contribution in [0.3, 0.4) is 0 Å². The van der Waals surface area contributed by atoms with E-state index < -0.39 is 0 Å². The van der Waals surface area contributed by atoms with Gasteiger partial charge in [0, 0.05) is 32.1 Å². The molecular weight excluding hydrogens is 277 g/mol. The molecule has 5 nitrogen and oxygen atoms in total. The molecule has 0 aliphatic rings. The zero-order valence-electron chi connectivity index (χ0n) is 10.1. The van der Waals surface area contributed by atoms with E-state index in [0.717, 1.165) is 5.69 Å². The minimum absolute atomic E-state index is 0.0821. The van der Waals surface area contributed by atoms with Crippen molar-refractivity contribution >= 4 is 34.4 Å². The first-order valence-corrected chi connectivity index (χ1v) is 6.39. The number of hydrogen-bond donors (Lipinski definition) is 1. The van der Waals surface area contributed by atoms with E-state index in [-0.39, 0.29) is 17.6 Å². The molecule has 7 heteroatoms. The van der Waals surface area contributed by atoms with Gasteiger partial charge in [0.1, 0.15) is 0 Å². The molecular formula is C11H15Cl2N3O2. The van der Waals surface area contributed by atoms with Gasteiger partial charge in [0.05, 0.1) is 10.7 Å². The van der Waals surface area contributed by atoms with Gasteiger partial charge in [-0.3, -0.25) is 14.3 Å². The molecule has 0 radical (unpaired) electrons. The predicted octanol–water partition coefficient (Wildman–Crippen LogP) is 1.90. The van der Waals surface area contributed by atoms with Crippen molar-refractivity contribution in [2.24, 2.45) is 0 Å². The maximum Gasteiger partial charge on any atom is 0.221 e. The molecule has 0 aliphatic carbocycles. The van der Waals surface area contributed by atoms with E-state index in [1.54, 1.807) is 10.9 Å². The Balaban J connectivity index is 2.19. The average Bonchev–Trinajstić information content (AvgIpc) is 2.61. The van der Waals surface area contributed by atoms with E-state index in [1.807, 2.05) is 6.92 Å². The van der Waals surface area contributed by atoms with Gasteiger partial charge in [-0.2, -0.15) is 5.10 Å². The van der Waals surface area contributed by atoms with Crippen LogP contribution in [0.5, 0.6) is 0 Å². The van der Waals surface area contributed by atoms with Crippen LogP contribution in [0.4, 0.5) is 0 Å². The van der Waals surface area contributed by atoms with Crippen LogP contribution in [-0.2, 0) is 16.1 Å². The third-order valence-corrected chi connectivity index (χ3v) is 2.89. The van der Waals surface area contributed by atoms with Crippen LogP contribution in [0, 0.1) is 6.92 Å². The van der Waals surface area contributed by atoms with Crippen molar-refractivity contribution in [3.05, 3.63) is 16.9 Å². The maximum atomic E-state index is 11.4. The molecule has 0 fully saturated rings. The van der Waals surface area contributed by atoms with Gasteiger partial charge in [-0.25, -0.2) is 0 Å². The number of halogens is 2. The summed E-state index contributed by atoms with van der Waals surface area (Å²) in [7, 11) is 0. The Hall–Kier alpha value is -1.07. The monoisotopic (exact) mass is 291 g/mol. The number of carbonyl (C=O) groups excluding carboxylic acids is 2. The summed E-state index contributed by atoms with van der Waals surface area (Å²) < 4.78 is 1.64. The Morgan fingerprint density at radius 1 is 1.44 bits per heavy atom. The molecule has 1 N–H and O–H groups in total. The lowest BCUT2D eigenvalue weighted by Gasteiger charge is -2.04. The highest BCUT2D eigenvalue weighted by atomic mass is 35.5. The molecule has 1 heterocycles. The minimum atomic E-state index is -0.383. The fraction of sp³-hybridized carbons (Fsp3) is 0.545. The summed E-state index contributed by atoms with van der Waals surface area (Å²) in [4.78, 5) is 21.9. The highest BCUT2D eigenvalue weighted by Gasteiger charge is 2.05. The number of aromatic nitrogens is 2. The summed E-state index contributed by atoms with van der Waals surface area (Å²) in [6, 6.07) is 0. The molecule has 0 bridgehead atoms. The van der Waals surface area contributed by atoms with Gasteiger partial charge in [-0.15, -0.1) is 0 Å².